The molecular formula is C21H25NO6S. The van der Waals surface area contributed by atoms with Crippen molar-refractivity contribution >= 4 is 34.2 Å². The highest BCUT2D eigenvalue weighted by Gasteiger charge is 2.28. The minimum absolute atomic E-state index is 0.150. The van der Waals surface area contributed by atoms with Gasteiger partial charge in [-0.05, 0) is 37.5 Å². The Morgan fingerprint density at radius 1 is 1.10 bits per heavy atom. The number of amides is 1. The molecule has 0 radical (unpaired) electrons. The normalized spacial score (nSPS) is 10.6. The molecule has 0 atom stereocenters. The second-order valence-corrected chi connectivity index (χ2v) is 7.65. The quantitative estimate of drug-likeness (QED) is 0.641. The molecule has 7 nitrogen and oxygen atoms in total. The van der Waals surface area contributed by atoms with Crippen LogP contribution in [0.4, 0.5) is 5.00 Å². The molecule has 0 aliphatic carbocycles. The average molecular weight is 419 g/mol. The highest BCUT2D eigenvalue weighted by Crippen LogP contribution is 2.35. The van der Waals surface area contributed by atoms with Gasteiger partial charge in [-0.1, -0.05) is 26.0 Å². The van der Waals surface area contributed by atoms with E-state index in [4.69, 9.17) is 14.2 Å². The third kappa shape index (κ3) is 5.35. The third-order valence-corrected chi connectivity index (χ3v) is 5.13. The first-order valence-corrected chi connectivity index (χ1v) is 10.0. The van der Waals surface area contributed by atoms with E-state index in [-0.39, 0.29) is 34.6 Å². The number of esters is 2. The van der Waals surface area contributed by atoms with Crippen molar-refractivity contribution < 1.29 is 28.6 Å². The zero-order chi connectivity index (χ0) is 21.6. The first kappa shape index (κ1) is 22.4. The number of carbonyl (C=O) groups is 3. The Kier molecular flexibility index (Phi) is 7.78. The topological polar surface area (TPSA) is 90.9 Å². The number of carbonyl (C=O) groups excluding carboxylic acids is 3. The fourth-order valence-electron chi connectivity index (χ4n) is 2.56. The lowest BCUT2D eigenvalue weighted by atomic mass is 10.1. The van der Waals surface area contributed by atoms with Crippen molar-refractivity contribution in [3.63, 3.8) is 0 Å². The van der Waals surface area contributed by atoms with E-state index in [2.05, 4.69) is 5.32 Å². The van der Waals surface area contributed by atoms with Gasteiger partial charge in [0, 0.05) is 0 Å². The number of hydrogen-bond donors (Lipinski definition) is 1. The SMILES string of the molecule is CCOC(=O)c1c(NC(=O)c2ccccc2OC)sc(C(=O)OCC(C)C)c1C. The standard InChI is InChI=1S/C21H25NO6S/c1-6-27-20(24)16-13(4)17(21(25)28-11-12(2)3)29-19(16)22-18(23)14-9-7-8-10-15(14)26-5/h7-10,12H,6,11H2,1-5H3,(H,22,23). The maximum atomic E-state index is 12.8. The Bertz CT molecular complexity index is 903. The molecule has 2 rings (SSSR count). The Balaban J connectivity index is 2.41. The minimum atomic E-state index is -0.612. The van der Waals surface area contributed by atoms with Crippen LogP contribution in [0.25, 0.3) is 0 Å². The number of rotatable bonds is 8. The van der Waals surface area contributed by atoms with E-state index in [0.717, 1.165) is 11.3 Å². The van der Waals surface area contributed by atoms with Crippen LogP contribution in [0.3, 0.4) is 0 Å². The van der Waals surface area contributed by atoms with Gasteiger partial charge in [-0.15, -0.1) is 11.3 Å². The summed E-state index contributed by atoms with van der Waals surface area (Å²) in [4.78, 5) is 38.0. The predicted molar refractivity (Wildman–Crippen MR) is 111 cm³/mol. The van der Waals surface area contributed by atoms with Gasteiger partial charge in [0.2, 0.25) is 0 Å². The lowest BCUT2D eigenvalue weighted by Gasteiger charge is -2.09. The molecule has 1 aromatic carbocycles. The van der Waals surface area contributed by atoms with Gasteiger partial charge >= 0.3 is 11.9 Å². The van der Waals surface area contributed by atoms with Crippen molar-refractivity contribution in [2.75, 3.05) is 25.6 Å². The summed E-state index contributed by atoms with van der Waals surface area (Å²) >= 11 is 0.988. The number of nitrogens with one attached hydrogen (secondary N) is 1. The third-order valence-electron chi connectivity index (χ3n) is 3.94. The molecule has 0 aliphatic heterocycles. The van der Waals surface area contributed by atoms with Gasteiger partial charge in [0.25, 0.3) is 5.91 Å². The molecule has 1 N–H and O–H groups in total. The maximum Gasteiger partial charge on any atom is 0.348 e. The number of thiophene rings is 1. The molecule has 1 amide bonds. The van der Waals surface area contributed by atoms with Crippen molar-refractivity contribution in [3.05, 3.63) is 45.8 Å². The molecule has 0 spiro atoms. The van der Waals surface area contributed by atoms with E-state index in [1.54, 1.807) is 38.1 Å². The van der Waals surface area contributed by atoms with Crippen LogP contribution in [-0.2, 0) is 9.47 Å². The highest BCUT2D eigenvalue weighted by molar-refractivity contribution is 7.18. The van der Waals surface area contributed by atoms with E-state index in [0.29, 0.717) is 16.9 Å². The molecular weight excluding hydrogens is 394 g/mol. The van der Waals surface area contributed by atoms with Gasteiger partial charge < -0.3 is 19.5 Å². The summed E-state index contributed by atoms with van der Waals surface area (Å²) in [6, 6.07) is 6.72. The molecule has 0 unspecified atom stereocenters. The molecule has 0 saturated carbocycles. The first-order valence-electron chi connectivity index (χ1n) is 9.22. The number of methoxy groups -OCH3 is 1. The summed E-state index contributed by atoms with van der Waals surface area (Å²) in [6.07, 6.45) is 0. The summed E-state index contributed by atoms with van der Waals surface area (Å²) in [7, 11) is 1.47. The number of para-hydroxylation sites is 1. The van der Waals surface area contributed by atoms with Gasteiger partial charge in [-0.3, -0.25) is 4.79 Å². The Labute approximate surface area is 174 Å². The van der Waals surface area contributed by atoms with E-state index >= 15 is 0 Å². The van der Waals surface area contributed by atoms with Crippen LogP contribution in [0.2, 0.25) is 0 Å². The Hall–Kier alpha value is -2.87. The van der Waals surface area contributed by atoms with Crippen LogP contribution in [0.15, 0.2) is 24.3 Å². The summed E-state index contributed by atoms with van der Waals surface area (Å²) in [5.74, 6) is -1.04. The zero-order valence-corrected chi connectivity index (χ0v) is 18.0. The van der Waals surface area contributed by atoms with Crippen LogP contribution in [-0.4, -0.2) is 38.2 Å². The summed E-state index contributed by atoms with van der Waals surface area (Å²) in [5.41, 5.74) is 0.869. The van der Waals surface area contributed by atoms with Gasteiger partial charge in [0.15, 0.2) is 0 Å². The summed E-state index contributed by atoms with van der Waals surface area (Å²) in [5, 5.41) is 2.94. The number of hydrogen-bond acceptors (Lipinski definition) is 7. The molecule has 1 heterocycles. The average Bonchev–Trinajstić information content (AvgIpc) is 3.02. The van der Waals surface area contributed by atoms with Crippen LogP contribution in [0.1, 0.15) is 56.7 Å². The maximum absolute atomic E-state index is 12.8. The van der Waals surface area contributed by atoms with E-state index in [1.807, 2.05) is 13.8 Å². The molecule has 0 fully saturated rings. The summed E-state index contributed by atoms with van der Waals surface area (Å²) in [6.45, 7) is 7.60. The summed E-state index contributed by atoms with van der Waals surface area (Å²) < 4.78 is 15.6. The van der Waals surface area contributed by atoms with E-state index in [9.17, 15) is 14.4 Å². The second kappa shape index (κ2) is 10.1. The zero-order valence-electron chi connectivity index (χ0n) is 17.2. The van der Waals surface area contributed by atoms with Crippen molar-refractivity contribution in [1.29, 1.82) is 0 Å². The Morgan fingerprint density at radius 2 is 1.79 bits per heavy atom. The van der Waals surface area contributed by atoms with Crippen LogP contribution >= 0.6 is 11.3 Å². The molecule has 156 valence electrons. The van der Waals surface area contributed by atoms with Gasteiger partial charge in [0.1, 0.15) is 15.6 Å². The minimum Gasteiger partial charge on any atom is -0.496 e. The van der Waals surface area contributed by atoms with Crippen molar-refractivity contribution in [3.8, 4) is 5.75 Å². The largest absolute Gasteiger partial charge is 0.496 e. The second-order valence-electron chi connectivity index (χ2n) is 6.63. The molecule has 8 heteroatoms. The number of benzene rings is 1. The lowest BCUT2D eigenvalue weighted by Crippen LogP contribution is -2.15. The lowest BCUT2D eigenvalue weighted by molar-refractivity contribution is 0.0464. The first-order chi connectivity index (χ1) is 13.8. The van der Waals surface area contributed by atoms with Gasteiger partial charge in [-0.25, -0.2) is 9.59 Å². The highest BCUT2D eigenvalue weighted by atomic mass is 32.1. The van der Waals surface area contributed by atoms with E-state index in [1.165, 1.54) is 7.11 Å². The number of anilines is 1. The van der Waals surface area contributed by atoms with Crippen molar-refractivity contribution in [2.45, 2.75) is 27.7 Å². The monoisotopic (exact) mass is 419 g/mol. The van der Waals surface area contributed by atoms with Crippen LogP contribution in [0, 0.1) is 12.8 Å². The molecule has 1 aromatic heterocycles. The predicted octanol–water partition coefficient (Wildman–Crippen LogP) is 4.31. The van der Waals surface area contributed by atoms with Crippen LogP contribution < -0.4 is 10.1 Å². The molecule has 0 aliphatic rings. The van der Waals surface area contributed by atoms with Crippen molar-refractivity contribution in [2.24, 2.45) is 5.92 Å². The van der Waals surface area contributed by atoms with Gasteiger partial charge in [0.05, 0.1) is 31.5 Å². The molecule has 29 heavy (non-hydrogen) atoms. The fraction of sp³-hybridized carbons (Fsp3) is 0.381. The van der Waals surface area contributed by atoms with E-state index < -0.39 is 17.8 Å². The van der Waals surface area contributed by atoms with Crippen molar-refractivity contribution in [1.82, 2.24) is 0 Å². The molecule has 0 saturated heterocycles. The fourth-order valence-corrected chi connectivity index (χ4v) is 3.64. The molecule has 2 aromatic rings. The molecule has 0 bridgehead atoms. The number of ether oxygens (including phenoxy) is 3. The Morgan fingerprint density at radius 3 is 2.41 bits per heavy atom. The van der Waals surface area contributed by atoms with Gasteiger partial charge in [-0.2, -0.15) is 0 Å². The van der Waals surface area contributed by atoms with Crippen LogP contribution in [0.5, 0.6) is 5.75 Å². The smallest absolute Gasteiger partial charge is 0.348 e.